The molecule has 1 amide bonds. The molecule has 0 rings (SSSR count). The first-order valence-corrected chi connectivity index (χ1v) is 9.32. The third kappa shape index (κ3) is 21.1. The van der Waals surface area contributed by atoms with E-state index in [0.29, 0.717) is 6.41 Å². The van der Waals surface area contributed by atoms with Gasteiger partial charge in [-0.15, -0.1) is 0 Å². The summed E-state index contributed by atoms with van der Waals surface area (Å²) < 4.78 is 0. The molecule has 0 aromatic heterocycles. The van der Waals surface area contributed by atoms with Gasteiger partial charge in [0.1, 0.15) is 0 Å². The topological polar surface area (TPSA) is 66.4 Å². The molecule has 2 atom stereocenters. The van der Waals surface area contributed by atoms with Crippen molar-refractivity contribution < 1.29 is 14.7 Å². The van der Waals surface area contributed by atoms with Gasteiger partial charge < -0.3 is 10.4 Å². The van der Waals surface area contributed by atoms with Gasteiger partial charge in [0.25, 0.3) is 0 Å². The maximum atomic E-state index is 11.6. The lowest BCUT2D eigenvalue weighted by Crippen LogP contribution is -2.38. The van der Waals surface area contributed by atoms with Gasteiger partial charge >= 0.3 is 0 Å². The maximum Gasteiger partial charge on any atom is 0.207 e. The largest absolute Gasteiger partial charge is 0.393 e. The van der Waals surface area contributed by atoms with E-state index in [1.54, 1.807) is 0 Å². The van der Waals surface area contributed by atoms with Crippen LogP contribution in [-0.2, 0) is 9.59 Å². The first-order valence-electron chi connectivity index (χ1n) is 9.32. The van der Waals surface area contributed by atoms with Gasteiger partial charge in [0.2, 0.25) is 6.41 Å². The van der Waals surface area contributed by atoms with Gasteiger partial charge in [-0.1, -0.05) is 73.6 Å². The molecule has 0 fully saturated rings. The second kappa shape index (κ2) is 21.1. The molecule has 4 heteroatoms. The Morgan fingerprint density at radius 2 is 1.52 bits per heavy atom. The second-order valence-electron chi connectivity index (χ2n) is 5.88. The molecular weight excluding hydrogens is 290 g/mol. The van der Waals surface area contributed by atoms with Crippen molar-refractivity contribution in [2.45, 2.75) is 106 Å². The lowest BCUT2D eigenvalue weighted by molar-refractivity contribution is -0.126. The number of carbonyl (C=O) groups excluding carboxylic acids is 2. The van der Waals surface area contributed by atoms with Gasteiger partial charge in [-0.05, 0) is 19.8 Å². The van der Waals surface area contributed by atoms with Crippen LogP contribution in [0.5, 0.6) is 0 Å². The number of amides is 1. The van der Waals surface area contributed by atoms with Crippen LogP contribution in [-0.4, -0.2) is 29.4 Å². The van der Waals surface area contributed by atoms with Crippen LogP contribution in [0.3, 0.4) is 0 Å². The third-order valence-corrected chi connectivity index (χ3v) is 3.25. The number of hydrogen-bond acceptors (Lipinski definition) is 3. The molecule has 2 unspecified atom stereocenters. The minimum absolute atomic E-state index is 0.00548. The fraction of sp³-hybridized carbons (Fsp3) is 0.895. The van der Waals surface area contributed by atoms with Crippen molar-refractivity contribution in [3.8, 4) is 0 Å². The molecule has 0 radical (unpaired) electrons. The maximum absolute atomic E-state index is 11.6. The summed E-state index contributed by atoms with van der Waals surface area (Å²) in [6.07, 6.45) is 7.83. The molecule has 0 spiro atoms. The fourth-order valence-corrected chi connectivity index (χ4v) is 1.89. The predicted molar refractivity (Wildman–Crippen MR) is 99.5 cm³/mol. The molecule has 2 N–H and O–H groups in total. The molecule has 0 aromatic carbocycles. The quantitative estimate of drug-likeness (QED) is 0.433. The first kappa shape index (κ1) is 27.0. The Bertz CT molecular complexity index is 253. The van der Waals surface area contributed by atoms with Crippen molar-refractivity contribution in [1.29, 1.82) is 0 Å². The van der Waals surface area contributed by atoms with Crippen LogP contribution in [0, 0.1) is 5.92 Å². The number of Topliss-reactive ketones (excluding diaryl/α,β-unsaturated/α-hetero) is 1. The predicted octanol–water partition coefficient (Wildman–Crippen LogP) is 4.49. The van der Waals surface area contributed by atoms with E-state index in [1.807, 2.05) is 34.6 Å². The molecule has 0 aromatic rings. The molecule has 0 saturated carbocycles. The Morgan fingerprint density at radius 1 is 1.00 bits per heavy atom. The average molecular weight is 332 g/mol. The molecule has 0 aliphatic rings. The van der Waals surface area contributed by atoms with Crippen LogP contribution in [0.2, 0.25) is 0 Å². The lowest BCUT2D eigenvalue weighted by atomic mass is 9.97. The van der Waals surface area contributed by atoms with Gasteiger partial charge in [0.05, 0.1) is 12.1 Å². The van der Waals surface area contributed by atoms with Crippen molar-refractivity contribution in [3.05, 3.63) is 0 Å². The number of nitrogens with one attached hydrogen (secondary N) is 1. The zero-order valence-corrected chi connectivity index (χ0v) is 16.5. The number of rotatable bonds is 11. The molecule has 140 valence electrons. The van der Waals surface area contributed by atoms with Gasteiger partial charge in [-0.3, -0.25) is 9.59 Å². The first-order chi connectivity index (χ1) is 10.9. The minimum atomic E-state index is -0.279. The van der Waals surface area contributed by atoms with Gasteiger partial charge in [-0.25, -0.2) is 0 Å². The number of hydrogen-bond donors (Lipinski definition) is 2. The van der Waals surface area contributed by atoms with Crippen LogP contribution >= 0.6 is 0 Å². The summed E-state index contributed by atoms with van der Waals surface area (Å²) in [7, 11) is 0. The molecule has 23 heavy (non-hydrogen) atoms. The number of ketones is 1. The summed E-state index contributed by atoms with van der Waals surface area (Å²) in [6.45, 7) is 13.8. The van der Waals surface area contributed by atoms with E-state index in [-0.39, 0.29) is 23.8 Å². The van der Waals surface area contributed by atoms with Crippen LogP contribution in [0.25, 0.3) is 0 Å². The lowest BCUT2D eigenvalue weighted by Gasteiger charge is -2.16. The van der Waals surface area contributed by atoms with Crippen LogP contribution in [0.4, 0.5) is 0 Å². The monoisotopic (exact) mass is 331 g/mol. The summed E-state index contributed by atoms with van der Waals surface area (Å²) in [6, 6.07) is -0.279. The summed E-state index contributed by atoms with van der Waals surface area (Å²) in [5, 5.41) is 11.3. The average Bonchev–Trinajstić information content (AvgIpc) is 2.54. The van der Waals surface area contributed by atoms with E-state index in [4.69, 9.17) is 5.11 Å². The number of aliphatic hydroxyl groups excluding tert-OH is 1. The standard InChI is InChI=1S/C11H21NO2.C6H14O.C2H6/c1-4-5-6-7-10(12-8-13)11(14)9(2)3;1-3-4-5-6(2)7;1-2/h8-10H,4-7H2,1-3H3,(H,12,13);6-7H,3-5H2,1-2H3;1-2H3. The summed E-state index contributed by atoms with van der Waals surface area (Å²) in [5.74, 6) is 0.127. The van der Waals surface area contributed by atoms with Crippen molar-refractivity contribution in [2.24, 2.45) is 5.92 Å². The smallest absolute Gasteiger partial charge is 0.207 e. The van der Waals surface area contributed by atoms with E-state index in [1.165, 1.54) is 6.42 Å². The van der Waals surface area contributed by atoms with E-state index in [9.17, 15) is 9.59 Å². The normalized spacial score (nSPS) is 12.2. The van der Waals surface area contributed by atoms with Crippen LogP contribution in [0.15, 0.2) is 0 Å². The summed E-state index contributed by atoms with van der Waals surface area (Å²) >= 11 is 0. The van der Waals surface area contributed by atoms with Crippen molar-refractivity contribution in [2.75, 3.05) is 0 Å². The van der Waals surface area contributed by atoms with Crippen LogP contribution < -0.4 is 5.32 Å². The van der Waals surface area contributed by atoms with Crippen LogP contribution in [0.1, 0.15) is 93.4 Å². The van der Waals surface area contributed by atoms with Gasteiger partial charge in [-0.2, -0.15) is 0 Å². The Balaban J connectivity index is -0.000000373. The highest BCUT2D eigenvalue weighted by molar-refractivity contribution is 5.87. The molecule has 0 aliphatic heterocycles. The highest BCUT2D eigenvalue weighted by Crippen LogP contribution is 2.08. The van der Waals surface area contributed by atoms with Gasteiger partial charge in [0.15, 0.2) is 5.78 Å². The zero-order chi connectivity index (χ0) is 18.7. The van der Waals surface area contributed by atoms with E-state index < -0.39 is 0 Å². The van der Waals surface area contributed by atoms with Crippen molar-refractivity contribution in [1.82, 2.24) is 5.32 Å². The Morgan fingerprint density at radius 3 is 1.83 bits per heavy atom. The van der Waals surface area contributed by atoms with E-state index in [0.717, 1.165) is 38.5 Å². The molecule has 0 heterocycles. The molecular formula is C19H41NO3. The number of aliphatic hydroxyl groups is 1. The van der Waals surface area contributed by atoms with Gasteiger partial charge in [0, 0.05) is 5.92 Å². The molecule has 4 nitrogen and oxygen atoms in total. The molecule has 0 saturated heterocycles. The van der Waals surface area contributed by atoms with E-state index >= 15 is 0 Å². The fourth-order valence-electron chi connectivity index (χ4n) is 1.89. The molecule has 0 bridgehead atoms. The molecule has 0 aliphatic carbocycles. The number of carbonyl (C=O) groups is 2. The highest BCUT2D eigenvalue weighted by Gasteiger charge is 2.19. The van der Waals surface area contributed by atoms with Crippen molar-refractivity contribution in [3.63, 3.8) is 0 Å². The van der Waals surface area contributed by atoms with E-state index in [2.05, 4.69) is 19.2 Å². The highest BCUT2D eigenvalue weighted by atomic mass is 16.3. The summed E-state index contributed by atoms with van der Waals surface area (Å²) in [4.78, 5) is 21.9. The minimum Gasteiger partial charge on any atom is -0.393 e. The summed E-state index contributed by atoms with van der Waals surface area (Å²) in [5.41, 5.74) is 0. The second-order valence-corrected chi connectivity index (χ2v) is 5.88. The Hall–Kier alpha value is -0.900. The third-order valence-electron chi connectivity index (χ3n) is 3.25. The van der Waals surface area contributed by atoms with Crippen molar-refractivity contribution >= 4 is 12.2 Å². The Kier molecular flexibility index (Phi) is 24.7. The number of unbranched alkanes of at least 4 members (excludes halogenated alkanes) is 3. The Labute approximate surface area is 144 Å². The SMILES string of the molecule is CC.CCCCC(C)O.CCCCCC(NC=O)C(=O)C(C)C. The zero-order valence-electron chi connectivity index (χ0n) is 16.5.